The summed E-state index contributed by atoms with van der Waals surface area (Å²) in [7, 11) is 0. The van der Waals surface area contributed by atoms with Crippen LogP contribution < -0.4 is 11.1 Å². The Hall–Kier alpha value is -1.47. The number of carbonyl (C=O) groups excluding carboxylic acids is 1. The third-order valence-corrected chi connectivity index (χ3v) is 2.39. The molecule has 7 nitrogen and oxygen atoms in total. The average Bonchev–Trinajstić information content (AvgIpc) is 2.25. The SMILES string of the molecule is NCCCC[C@H](NCCC(=O)CC(=O)O)C(=O)O. The first-order valence-electron chi connectivity index (χ1n) is 5.87. The van der Waals surface area contributed by atoms with Crippen LogP contribution in [0.4, 0.5) is 0 Å². The molecule has 0 bridgehead atoms. The number of aliphatic carboxylic acids is 2. The first kappa shape index (κ1) is 16.5. The van der Waals surface area contributed by atoms with E-state index < -0.39 is 30.2 Å². The summed E-state index contributed by atoms with van der Waals surface area (Å²) < 4.78 is 0. The van der Waals surface area contributed by atoms with Gasteiger partial charge < -0.3 is 21.3 Å². The van der Waals surface area contributed by atoms with Gasteiger partial charge in [-0.2, -0.15) is 0 Å². The third-order valence-electron chi connectivity index (χ3n) is 2.39. The number of ketones is 1. The maximum Gasteiger partial charge on any atom is 0.320 e. The van der Waals surface area contributed by atoms with Gasteiger partial charge in [0.05, 0.1) is 0 Å². The maximum absolute atomic E-state index is 11.1. The Morgan fingerprint density at radius 2 is 1.83 bits per heavy atom. The first-order valence-corrected chi connectivity index (χ1v) is 5.87. The van der Waals surface area contributed by atoms with Gasteiger partial charge >= 0.3 is 11.9 Å². The monoisotopic (exact) mass is 260 g/mol. The Bertz CT molecular complexity index is 293. The summed E-state index contributed by atoms with van der Waals surface area (Å²) in [5.41, 5.74) is 5.31. The highest BCUT2D eigenvalue weighted by atomic mass is 16.4. The highest BCUT2D eigenvalue weighted by molar-refractivity contribution is 5.94. The van der Waals surface area contributed by atoms with E-state index in [1.54, 1.807) is 0 Å². The molecule has 0 heterocycles. The van der Waals surface area contributed by atoms with Crippen LogP contribution in [0.1, 0.15) is 32.1 Å². The van der Waals surface area contributed by atoms with Crippen LogP contribution in [0.15, 0.2) is 0 Å². The average molecular weight is 260 g/mol. The number of rotatable bonds is 11. The van der Waals surface area contributed by atoms with Crippen molar-refractivity contribution in [3.05, 3.63) is 0 Å². The van der Waals surface area contributed by atoms with Crippen LogP contribution in [0.2, 0.25) is 0 Å². The van der Waals surface area contributed by atoms with Crippen LogP contribution in [0.25, 0.3) is 0 Å². The van der Waals surface area contributed by atoms with E-state index in [0.717, 1.165) is 6.42 Å². The van der Waals surface area contributed by atoms with Crippen molar-refractivity contribution in [2.75, 3.05) is 13.1 Å². The first-order chi connectivity index (χ1) is 8.47. The van der Waals surface area contributed by atoms with Gasteiger partial charge in [0.1, 0.15) is 18.2 Å². The molecule has 1 atom stereocenters. The molecule has 18 heavy (non-hydrogen) atoms. The summed E-state index contributed by atoms with van der Waals surface area (Å²) in [6.45, 7) is 0.690. The number of nitrogens with two attached hydrogens (primary N) is 1. The smallest absolute Gasteiger partial charge is 0.320 e. The molecule has 7 heteroatoms. The minimum atomic E-state index is -1.17. The number of carbonyl (C=O) groups is 3. The van der Waals surface area contributed by atoms with Crippen molar-refractivity contribution in [1.29, 1.82) is 0 Å². The van der Waals surface area contributed by atoms with Gasteiger partial charge in [-0.25, -0.2) is 0 Å². The lowest BCUT2D eigenvalue weighted by molar-refractivity contribution is -0.141. The largest absolute Gasteiger partial charge is 0.481 e. The zero-order valence-electron chi connectivity index (χ0n) is 10.2. The van der Waals surface area contributed by atoms with E-state index in [1.165, 1.54) is 0 Å². The van der Waals surface area contributed by atoms with Gasteiger partial charge in [0.2, 0.25) is 0 Å². The van der Waals surface area contributed by atoms with Crippen LogP contribution in [0, 0.1) is 0 Å². The Balaban J connectivity index is 3.86. The normalized spacial score (nSPS) is 12.1. The van der Waals surface area contributed by atoms with Gasteiger partial charge in [-0.15, -0.1) is 0 Å². The number of carboxylic acids is 2. The molecule has 0 unspecified atom stereocenters. The molecule has 0 amide bonds. The summed E-state index contributed by atoms with van der Waals surface area (Å²) in [6.07, 6.45) is 1.39. The predicted octanol–water partition coefficient (Wildman–Crippen LogP) is -0.408. The van der Waals surface area contributed by atoms with E-state index >= 15 is 0 Å². The minimum Gasteiger partial charge on any atom is -0.481 e. The van der Waals surface area contributed by atoms with Gasteiger partial charge in [0.25, 0.3) is 0 Å². The molecule has 0 saturated heterocycles. The lowest BCUT2D eigenvalue weighted by Gasteiger charge is -2.13. The Morgan fingerprint density at radius 1 is 1.17 bits per heavy atom. The summed E-state index contributed by atoms with van der Waals surface area (Å²) in [6, 6.07) is -0.714. The quantitative estimate of drug-likeness (QED) is 0.293. The highest BCUT2D eigenvalue weighted by Crippen LogP contribution is 2.01. The number of hydrogen-bond acceptors (Lipinski definition) is 5. The molecule has 0 aliphatic carbocycles. The molecule has 0 radical (unpaired) electrons. The zero-order valence-corrected chi connectivity index (χ0v) is 10.2. The number of carboxylic acid groups (broad SMARTS) is 2. The molecule has 0 fully saturated rings. The molecular formula is C11H20N2O5. The van der Waals surface area contributed by atoms with Crippen molar-refractivity contribution in [1.82, 2.24) is 5.32 Å². The molecule has 0 rings (SSSR count). The van der Waals surface area contributed by atoms with Gasteiger partial charge in [-0.1, -0.05) is 6.42 Å². The van der Waals surface area contributed by atoms with Crippen molar-refractivity contribution >= 4 is 17.7 Å². The Labute approximate surface area is 105 Å². The van der Waals surface area contributed by atoms with Gasteiger partial charge in [0, 0.05) is 13.0 Å². The molecule has 0 aromatic rings. The molecule has 0 aromatic heterocycles. The lowest BCUT2D eigenvalue weighted by Crippen LogP contribution is -2.38. The van der Waals surface area contributed by atoms with Crippen molar-refractivity contribution in [2.24, 2.45) is 5.73 Å². The summed E-state index contributed by atoms with van der Waals surface area (Å²) in [4.78, 5) is 32.2. The van der Waals surface area contributed by atoms with Crippen molar-refractivity contribution < 1.29 is 24.6 Å². The van der Waals surface area contributed by atoms with E-state index in [1.807, 2.05) is 0 Å². The maximum atomic E-state index is 11.1. The van der Waals surface area contributed by atoms with Gasteiger partial charge in [-0.3, -0.25) is 14.4 Å². The molecule has 0 aliphatic heterocycles. The van der Waals surface area contributed by atoms with Crippen LogP contribution in [-0.4, -0.2) is 47.1 Å². The molecule has 0 saturated carbocycles. The van der Waals surface area contributed by atoms with Gasteiger partial charge in [0.15, 0.2) is 0 Å². The van der Waals surface area contributed by atoms with Gasteiger partial charge in [-0.05, 0) is 19.4 Å². The molecule has 0 aliphatic rings. The van der Waals surface area contributed by atoms with Crippen LogP contribution >= 0.6 is 0 Å². The predicted molar refractivity (Wildman–Crippen MR) is 64.2 cm³/mol. The fourth-order valence-electron chi connectivity index (χ4n) is 1.45. The third kappa shape index (κ3) is 8.66. The summed E-state index contributed by atoms with van der Waals surface area (Å²) >= 11 is 0. The highest BCUT2D eigenvalue weighted by Gasteiger charge is 2.16. The summed E-state index contributed by atoms with van der Waals surface area (Å²) in [5, 5.41) is 20.0. The number of hydrogen-bond donors (Lipinski definition) is 4. The molecule has 5 N–H and O–H groups in total. The molecule has 0 aromatic carbocycles. The zero-order chi connectivity index (χ0) is 14.0. The van der Waals surface area contributed by atoms with Crippen molar-refractivity contribution in [3.8, 4) is 0 Å². The number of unbranched alkanes of at least 4 members (excludes halogenated alkanes) is 1. The lowest BCUT2D eigenvalue weighted by atomic mass is 10.1. The van der Waals surface area contributed by atoms with E-state index in [2.05, 4.69) is 5.32 Å². The number of nitrogens with one attached hydrogen (secondary N) is 1. The molecular weight excluding hydrogens is 240 g/mol. The van der Waals surface area contributed by atoms with Crippen LogP contribution in [-0.2, 0) is 14.4 Å². The minimum absolute atomic E-state index is 0.0208. The second-order valence-electron chi connectivity index (χ2n) is 3.99. The molecule has 104 valence electrons. The van der Waals surface area contributed by atoms with E-state index in [4.69, 9.17) is 15.9 Å². The van der Waals surface area contributed by atoms with Crippen LogP contribution in [0.5, 0.6) is 0 Å². The fraction of sp³-hybridized carbons (Fsp3) is 0.727. The van der Waals surface area contributed by atoms with E-state index in [0.29, 0.717) is 19.4 Å². The second kappa shape index (κ2) is 9.55. The molecule has 0 spiro atoms. The Kier molecular flexibility index (Phi) is 8.77. The van der Waals surface area contributed by atoms with E-state index in [9.17, 15) is 14.4 Å². The van der Waals surface area contributed by atoms with Crippen LogP contribution in [0.3, 0.4) is 0 Å². The standard InChI is InChI=1S/C11H20N2O5/c12-5-2-1-3-9(11(17)18)13-6-4-8(14)7-10(15)16/h9,13H,1-7,12H2,(H,15,16)(H,17,18)/t9-/m0/s1. The second-order valence-corrected chi connectivity index (χ2v) is 3.99. The van der Waals surface area contributed by atoms with Crippen molar-refractivity contribution in [2.45, 2.75) is 38.1 Å². The fourth-order valence-corrected chi connectivity index (χ4v) is 1.45. The van der Waals surface area contributed by atoms with E-state index in [-0.39, 0.29) is 13.0 Å². The Morgan fingerprint density at radius 3 is 2.33 bits per heavy atom. The van der Waals surface area contributed by atoms with Crippen molar-refractivity contribution in [3.63, 3.8) is 0 Å². The topological polar surface area (TPSA) is 130 Å². The number of Topliss-reactive ketones (excluding diaryl/α,β-unsaturated/α-hetero) is 1. The summed E-state index contributed by atoms with van der Waals surface area (Å²) in [5.74, 6) is -2.56.